The van der Waals surface area contributed by atoms with Crippen molar-refractivity contribution < 1.29 is 20.1 Å². The van der Waals surface area contributed by atoms with Gasteiger partial charge in [-0.05, 0) is 11.6 Å². The number of carbonyl (C=O) groups is 1. The molecule has 2 unspecified atom stereocenters. The molecule has 0 bridgehead atoms. The SMILES string of the molecule is O=C(O)C1C=CC(O)=C(Cc2ccccc2)C1(O)Cl. The maximum atomic E-state index is 11.1. The average Bonchev–Trinajstić information content (AvgIpc) is 2.35. The Hall–Kier alpha value is -1.78. The molecule has 3 N–H and O–H groups in total. The number of allylic oxidation sites excluding steroid dienone is 1. The monoisotopic (exact) mass is 280 g/mol. The van der Waals surface area contributed by atoms with Crippen molar-refractivity contribution in [3.05, 3.63) is 59.4 Å². The van der Waals surface area contributed by atoms with Gasteiger partial charge in [0.1, 0.15) is 11.7 Å². The second kappa shape index (κ2) is 5.07. The van der Waals surface area contributed by atoms with E-state index in [4.69, 9.17) is 16.7 Å². The lowest BCUT2D eigenvalue weighted by atomic mass is 9.86. The predicted molar refractivity (Wildman–Crippen MR) is 70.9 cm³/mol. The van der Waals surface area contributed by atoms with Crippen LogP contribution < -0.4 is 0 Å². The fraction of sp³-hybridized carbons (Fsp3) is 0.214. The molecule has 0 aliphatic heterocycles. The number of aliphatic hydroxyl groups is 2. The second-order valence-electron chi connectivity index (χ2n) is 4.37. The number of aliphatic hydroxyl groups excluding tert-OH is 1. The molecule has 1 aliphatic carbocycles. The third kappa shape index (κ3) is 2.64. The Labute approximate surface area is 115 Å². The molecule has 4 nitrogen and oxygen atoms in total. The van der Waals surface area contributed by atoms with Crippen molar-refractivity contribution >= 4 is 17.6 Å². The van der Waals surface area contributed by atoms with Crippen molar-refractivity contribution in [3.8, 4) is 0 Å². The summed E-state index contributed by atoms with van der Waals surface area (Å²) in [6.07, 6.45) is 2.62. The van der Waals surface area contributed by atoms with Crippen LogP contribution in [0.4, 0.5) is 0 Å². The van der Waals surface area contributed by atoms with Crippen LogP contribution in [-0.2, 0) is 11.2 Å². The van der Waals surface area contributed by atoms with Gasteiger partial charge in [0.05, 0.1) is 0 Å². The highest BCUT2D eigenvalue weighted by Crippen LogP contribution is 2.38. The Morgan fingerprint density at radius 2 is 1.95 bits per heavy atom. The number of halogens is 1. The lowest BCUT2D eigenvalue weighted by Crippen LogP contribution is -2.41. The molecule has 0 fully saturated rings. The summed E-state index contributed by atoms with van der Waals surface area (Å²) >= 11 is 5.95. The van der Waals surface area contributed by atoms with E-state index in [0.29, 0.717) is 0 Å². The van der Waals surface area contributed by atoms with Crippen LogP contribution in [0.5, 0.6) is 0 Å². The normalized spacial score (nSPS) is 26.5. The lowest BCUT2D eigenvalue weighted by molar-refractivity contribution is -0.143. The summed E-state index contributed by atoms with van der Waals surface area (Å²) in [7, 11) is 0. The maximum absolute atomic E-state index is 11.1. The van der Waals surface area contributed by atoms with Gasteiger partial charge in [0.25, 0.3) is 0 Å². The van der Waals surface area contributed by atoms with E-state index < -0.39 is 16.9 Å². The van der Waals surface area contributed by atoms with E-state index in [1.165, 1.54) is 12.2 Å². The van der Waals surface area contributed by atoms with Gasteiger partial charge < -0.3 is 15.3 Å². The molecule has 1 aromatic rings. The van der Waals surface area contributed by atoms with Gasteiger partial charge in [-0.2, -0.15) is 0 Å². The molecule has 100 valence electrons. The molecule has 1 aliphatic rings. The number of hydrogen-bond donors (Lipinski definition) is 3. The Balaban J connectivity index is 2.36. The van der Waals surface area contributed by atoms with Crippen LogP contribution in [0.1, 0.15) is 5.56 Å². The van der Waals surface area contributed by atoms with E-state index in [-0.39, 0.29) is 17.8 Å². The number of alkyl halides is 1. The van der Waals surface area contributed by atoms with Crippen molar-refractivity contribution in [1.82, 2.24) is 0 Å². The van der Waals surface area contributed by atoms with E-state index in [2.05, 4.69) is 0 Å². The first-order chi connectivity index (χ1) is 8.93. The zero-order chi connectivity index (χ0) is 14.0. The van der Waals surface area contributed by atoms with E-state index in [0.717, 1.165) is 5.56 Å². The average molecular weight is 281 g/mol. The molecule has 0 spiro atoms. The molecule has 0 saturated carbocycles. The minimum atomic E-state index is -2.12. The largest absolute Gasteiger partial charge is 0.508 e. The van der Waals surface area contributed by atoms with Gasteiger partial charge in [0.2, 0.25) is 0 Å². The lowest BCUT2D eigenvalue weighted by Gasteiger charge is -2.31. The smallest absolute Gasteiger partial charge is 0.315 e. The molecular formula is C14H13ClO4. The van der Waals surface area contributed by atoms with Crippen LogP contribution in [0, 0.1) is 5.92 Å². The first-order valence-electron chi connectivity index (χ1n) is 5.71. The van der Waals surface area contributed by atoms with Crippen molar-refractivity contribution in [1.29, 1.82) is 0 Å². The van der Waals surface area contributed by atoms with Crippen LogP contribution >= 0.6 is 11.6 Å². The molecule has 0 amide bonds. The number of benzene rings is 1. The zero-order valence-electron chi connectivity index (χ0n) is 9.95. The van der Waals surface area contributed by atoms with Crippen LogP contribution in [0.15, 0.2) is 53.8 Å². The molecule has 19 heavy (non-hydrogen) atoms. The third-order valence-electron chi connectivity index (χ3n) is 3.08. The Kier molecular flexibility index (Phi) is 3.64. The van der Waals surface area contributed by atoms with E-state index in [1.54, 1.807) is 12.1 Å². The molecule has 0 radical (unpaired) electrons. The van der Waals surface area contributed by atoms with Crippen molar-refractivity contribution in [2.75, 3.05) is 0 Å². The van der Waals surface area contributed by atoms with Crippen LogP contribution in [-0.4, -0.2) is 26.3 Å². The van der Waals surface area contributed by atoms with Gasteiger partial charge in [-0.3, -0.25) is 4.79 Å². The second-order valence-corrected chi connectivity index (χ2v) is 4.95. The highest BCUT2D eigenvalue weighted by Gasteiger charge is 2.45. The van der Waals surface area contributed by atoms with Gasteiger partial charge in [-0.15, -0.1) is 0 Å². The molecule has 2 rings (SSSR count). The fourth-order valence-corrected chi connectivity index (χ4v) is 2.37. The molecule has 0 heterocycles. The summed E-state index contributed by atoms with van der Waals surface area (Å²) < 4.78 is 0. The minimum absolute atomic E-state index is 0.0928. The first kappa shape index (κ1) is 13.6. The molecule has 2 atom stereocenters. The maximum Gasteiger partial charge on any atom is 0.315 e. The third-order valence-corrected chi connectivity index (χ3v) is 3.54. The summed E-state index contributed by atoms with van der Waals surface area (Å²) in [6, 6.07) is 9.08. The standard InChI is InChI=1S/C14H13ClO4/c15-14(19)10(13(17)18)6-7-12(16)11(14)8-9-4-2-1-3-5-9/h1-7,10,16,19H,8H2,(H,17,18). The molecule has 5 heteroatoms. The van der Waals surface area contributed by atoms with Crippen LogP contribution in [0.3, 0.4) is 0 Å². The van der Waals surface area contributed by atoms with Crippen LogP contribution in [0.25, 0.3) is 0 Å². The summed E-state index contributed by atoms with van der Waals surface area (Å²) in [5.74, 6) is -2.73. The van der Waals surface area contributed by atoms with E-state index >= 15 is 0 Å². The highest BCUT2D eigenvalue weighted by atomic mass is 35.5. The summed E-state index contributed by atoms with van der Waals surface area (Å²) in [5.41, 5.74) is 0.915. The van der Waals surface area contributed by atoms with E-state index in [9.17, 15) is 15.0 Å². The number of carboxylic acids is 1. The molecule has 1 aromatic carbocycles. The van der Waals surface area contributed by atoms with Crippen LogP contribution in [0.2, 0.25) is 0 Å². The number of rotatable bonds is 3. The van der Waals surface area contributed by atoms with E-state index in [1.807, 2.05) is 18.2 Å². The van der Waals surface area contributed by atoms with Gasteiger partial charge in [0, 0.05) is 12.0 Å². The van der Waals surface area contributed by atoms with Crippen molar-refractivity contribution in [2.45, 2.75) is 11.5 Å². The molecule has 0 aromatic heterocycles. The zero-order valence-corrected chi connectivity index (χ0v) is 10.7. The first-order valence-corrected chi connectivity index (χ1v) is 6.09. The Morgan fingerprint density at radius 1 is 1.32 bits per heavy atom. The summed E-state index contributed by atoms with van der Waals surface area (Å²) in [4.78, 5) is 11.1. The molecule has 0 saturated heterocycles. The molecular weight excluding hydrogens is 268 g/mol. The minimum Gasteiger partial charge on any atom is -0.508 e. The summed E-state index contributed by atoms with van der Waals surface area (Å²) in [5, 5.41) is 27.0. The predicted octanol–water partition coefficient (Wildman–Crippen LogP) is 2.24. The number of carboxylic acid groups (broad SMARTS) is 1. The Bertz CT molecular complexity index is 546. The summed E-state index contributed by atoms with van der Waals surface area (Å²) in [6.45, 7) is 0. The van der Waals surface area contributed by atoms with Gasteiger partial charge in [0.15, 0.2) is 5.06 Å². The van der Waals surface area contributed by atoms with Gasteiger partial charge in [-0.25, -0.2) is 0 Å². The number of aliphatic carboxylic acids is 1. The van der Waals surface area contributed by atoms with Gasteiger partial charge >= 0.3 is 5.97 Å². The number of hydrogen-bond acceptors (Lipinski definition) is 3. The Morgan fingerprint density at radius 3 is 2.53 bits per heavy atom. The fourth-order valence-electron chi connectivity index (χ4n) is 2.04. The highest BCUT2D eigenvalue weighted by molar-refractivity contribution is 6.26. The van der Waals surface area contributed by atoms with Crippen molar-refractivity contribution in [2.24, 2.45) is 5.92 Å². The van der Waals surface area contributed by atoms with Gasteiger partial charge in [-0.1, -0.05) is 48.0 Å². The quantitative estimate of drug-likeness (QED) is 0.742. The topological polar surface area (TPSA) is 77.8 Å². The van der Waals surface area contributed by atoms with Crippen molar-refractivity contribution in [3.63, 3.8) is 0 Å².